The van der Waals surface area contributed by atoms with Gasteiger partial charge in [0.25, 0.3) is 0 Å². The van der Waals surface area contributed by atoms with E-state index in [0.717, 1.165) is 29.2 Å². The molecule has 2 nitrogen and oxygen atoms in total. The molecule has 2 aliphatic rings. The Hall–Kier alpha value is -1.32. The van der Waals surface area contributed by atoms with Crippen LogP contribution >= 0.6 is 23.4 Å². The number of hydrogen-bond acceptors (Lipinski definition) is 3. The van der Waals surface area contributed by atoms with Crippen LogP contribution in [0.5, 0.6) is 0 Å². The van der Waals surface area contributed by atoms with Gasteiger partial charge in [0, 0.05) is 16.3 Å². The molecule has 1 saturated carbocycles. The Morgan fingerprint density at radius 1 is 1.03 bits per heavy atom. The zero-order valence-electron chi connectivity index (χ0n) is 22.8. The fourth-order valence-electron chi connectivity index (χ4n) is 4.33. The van der Waals surface area contributed by atoms with Gasteiger partial charge in [-0.25, -0.2) is 0 Å². The molecule has 0 aromatic heterocycles. The van der Waals surface area contributed by atoms with Crippen molar-refractivity contribution >= 4 is 34.9 Å². The molecule has 2 atom stereocenters. The molecule has 0 aliphatic heterocycles. The molecule has 0 radical (unpaired) electrons. The molecule has 196 valence electrons. The number of carbonyl (C=O) groups is 2. The Morgan fingerprint density at radius 3 is 2.17 bits per heavy atom. The van der Waals surface area contributed by atoms with Crippen LogP contribution in [-0.4, -0.2) is 16.8 Å². The maximum absolute atomic E-state index is 12.7. The van der Waals surface area contributed by atoms with Gasteiger partial charge in [-0.1, -0.05) is 96.6 Å². The van der Waals surface area contributed by atoms with Crippen molar-refractivity contribution in [3.05, 3.63) is 53.1 Å². The summed E-state index contributed by atoms with van der Waals surface area (Å²) in [4.78, 5) is 25.7. The lowest BCUT2D eigenvalue weighted by Crippen LogP contribution is -2.20. The number of halogens is 1. The topological polar surface area (TPSA) is 34.1 Å². The summed E-state index contributed by atoms with van der Waals surface area (Å²) < 4.78 is 0. The smallest absolute Gasteiger partial charge is 0.160 e. The van der Waals surface area contributed by atoms with E-state index >= 15 is 0 Å². The standard InChI is InChI=1S/C22H27ClO2S.C7H14.C2H6/c1-15(2)17-6-4-8-18(9-5-7-17)21(25)14-22(16(3)24)26-20-12-10-19(23)11-13-20;1-7-5-3-2-4-6-7;1-2/h4,6,9-13,15,17,22H,5,7-8,14H2,1-3H3;7H,2-6H2,1H3;1-2H3/b6-4-,18-9+;;. The Bertz CT molecular complexity index is 804. The van der Waals surface area contributed by atoms with Gasteiger partial charge in [0.05, 0.1) is 5.25 Å². The molecular formula is C31H47ClO2S. The van der Waals surface area contributed by atoms with E-state index in [1.807, 2.05) is 26.0 Å². The highest BCUT2D eigenvalue weighted by Gasteiger charge is 2.22. The SMILES string of the molecule is CC.CC(=O)C(CC(=O)/C1=C/CCC(C(C)C)/C=C\C1)Sc1ccc(Cl)cc1.CC1CCCCC1. The van der Waals surface area contributed by atoms with Crippen LogP contribution in [0.3, 0.4) is 0 Å². The number of benzene rings is 1. The van der Waals surface area contributed by atoms with Crippen molar-refractivity contribution in [2.24, 2.45) is 17.8 Å². The van der Waals surface area contributed by atoms with Crippen molar-refractivity contribution in [3.63, 3.8) is 0 Å². The van der Waals surface area contributed by atoms with E-state index in [0.29, 0.717) is 23.3 Å². The van der Waals surface area contributed by atoms with Crippen molar-refractivity contribution in [2.45, 2.75) is 109 Å². The Morgan fingerprint density at radius 2 is 1.66 bits per heavy atom. The average Bonchev–Trinajstić information content (AvgIpc) is 2.82. The minimum atomic E-state index is -0.359. The van der Waals surface area contributed by atoms with E-state index in [9.17, 15) is 9.59 Å². The first-order valence-electron chi connectivity index (χ1n) is 13.6. The number of hydrogen-bond donors (Lipinski definition) is 0. The second kappa shape index (κ2) is 18.0. The maximum atomic E-state index is 12.7. The summed E-state index contributed by atoms with van der Waals surface area (Å²) in [5.41, 5.74) is 0.839. The molecule has 0 heterocycles. The molecule has 0 spiro atoms. The lowest BCUT2D eigenvalue weighted by molar-refractivity contribution is -0.120. The number of carbonyl (C=O) groups excluding carboxylic acids is 2. The second-order valence-corrected chi connectivity index (χ2v) is 11.6. The Balaban J connectivity index is 0.000000574. The van der Waals surface area contributed by atoms with E-state index in [2.05, 4.69) is 39.0 Å². The molecule has 35 heavy (non-hydrogen) atoms. The molecule has 2 aliphatic carbocycles. The lowest BCUT2D eigenvalue weighted by atomic mass is 9.87. The molecule has 0 bridgehead atoms. The van der Waals surface area contributed by atoms with Gasteiger partial charge in [0.1, 0.15) is 5.78 Å². The highest BCUT2D eigenvalue weighted by atomic mass is 35.5. The summed E-state index contributed by atoms with van der Waals surface area (Å²) in [6, 6.07) is 7.38. The normalized spacial score (nSPS) is 21.6. The molecule has 0 saturated heterocycles. The van der Waals surface area contributed by atoms with Gasteiger partial charge in [0.15, 0.2) is 5.78 Å². The van der Waals surface area contributed by atoms with Crippen LogP contribution < -0.4 is 0 Å². The van der Waals surface area contributed by atoms with E-state index in [1.165, 1.54) is 43.9 Å². The molecule has 1 aromatic rings. The van der Waals surface area contributed by atoms with Gasteiger partial charge in [-0.3, -0.25) is 9.59 Å². The van der Waals surface area contributed by atoms with Crippen molar-refractivity contribution in [2.75, 3.05) is 0 Å². The van der Waals surface area contributed by atoms with Crippen molar-refractivity contribution in [1.82, 2.24) is 0 Å². The highest BCUT2D eigenvalue weighted by Crippen LogP contribution is 2.30. The molecule has 4 heteroatoms. The van der Waals surface area contributed by atoms with Crippen molar-refractivity contribution in [1.29, 1.82) is 0 Å². The van der Waals surface area contributed by atoms with E-state index < -0.39 is 0 Å². The largest absolute Gasteiger partial charge is 0.299 e. The molecule has 3 rings (SSSR count). The number of ketones is 2. The van der Waals surface area contributed by atoms with Gasteiger partial charge >= 0.3 is 0 Å². The zero-order valence-corrected chi connectivity index (χ0v) is 24.4. The maximum Gasteiger partial charge on any atom is 0.160 e. The van der Waals surface area contributed by atoms with Gasteiger partial charge in [-0.15, -0.1) is 11.8 Å². The number of allylic oxidation sites excluding steroid dienone is 4. The first-order chi connectivity index (χ1) is 16.8. The van der Waals surface area contributed by atoms with Crippen LogP contribution in [0.25, 0.3) is 0 Å². The minimum absolute atomic E-state index is 0.0279. The van der Waals surface area contributed by atoms with E-state index in [-0.39, 0.29) is 23.2 Å². The third kappa shape index (κ3) is 13.0. The summed E-state index contributed by atoms with van der Waals surface area (Å²) in [7, 11) is 0. The predicted octanol–water partition coefficient (Wildman–Crippen LogP) is 9.90. The fraction of sp³-hybridized carbons (Fsp3) is 0.613. The van der Waals surface area contributed by atoms with Crippen LogP contribution in [-0.2, 0) is 9.59 Å². The van der Waals surface area contributed by atoms with Crippen LogP contribution in [0.2, 0.25) is 5.02 Å². The van der Waals surface area contributed by atoms with E-state index in [1.54, 1.807) is 19.1 Å². The molecule has 1 aromatic carbocycles. The lowest BCUT2D eigenvalue weighted by Gasteiger charge is -2.19. The highest BCUT2D eigenvalue weighted by molar-refractivity contribution is 8.00. The molecular weight excluding hydrogens is 472 g/mol. The monoisotopic (exact) mass is 518 g/mol. The fourth-order valence-corrected chi connectivity index (χ4v) is 5.48. The molecule has 2 unspecified atom stereocenters. The van der Waals surface area contributed by atoms with Gasteiger partial charge < -0.3 is 0 Å². The van der Waals surface area contributed by atoms with Crippen molar-refractivity contribution in [3.8, 4) is 0 Å². The van der Waals surface area contributed by atoms with Crippen LogP contribution in [0.15, 0.2) is 53.0 Å². The second-order valence-electron chi connectivity index (χ2n) is 9.89. The molecule has 0 N–H and O–H groups in total. The predicted molar refractivity (Wildman–Crippen MR) is 154 cm³/mol. The summed E-state index contributed by atoms with van der Waals surface area (Å²) in [6.07, 6.45) is 16.8. The number of Topliss-reactive ketones (excluding diaryl/α,β-unsaturated/α-hetero) is 2. The summed E-state index contributed by atoms with van der Waals surface area (Å²) >= 11 is 7.35. The van der Waals surface area contributed by atoms with Gasteiger partial charge in [0.2, 0.25) is 0 Å². The van der Waals surface area contributed by atoms with Crippen LogP contribution in [0.4, 0.5) is 0 Å². The summed E-state index contributed by atoms with van der Waals surface area (Å²) in [5.74, 6) is 2.34. The summed E-state index contributed by atoms with van der Waals surface area (Å²) in [6.45, 7) is 12.4. The third-order valence-corrected chi connectivity index (χ3v) is 8.22. The average molecular weight is 519 g/mol. The quantitative estimate of drug-likeness (QED) is 0.266. The first kappa shape index (κ1) is 31.7. The number of rotatable bonds is 7. The Labute approximate surface area is 224 Å². The zero-order chi connectivity index (χ0) is 26.2. The van der Waals surface area contributed by atoms with Gasteiger partial charge in [-0.2, -0.15) is 0 Å². The Kier molecular flexibility index (Phi) is 16.3. The third-order valence-electron chi connectivity index (χ3n) is 6.64. The molecule has 1 fully saturated rings. The van der Waals surface area contributed by atoms with Crippen LogP contribution in [0.1, 0.15) is 99.3 Å². The van der Waals surface area contributed by atoms with Crippen LogP contribution in [0, 0.1) is 17.8 Å². The molecule has 0 amide bonds. The number of thioether (sulfide) groups is 1. The summed E-state index contributed by atoms with van der Waals surface area (Å²) in [5, 5.41) is 0.304. The van der Waals surface area contributed by atoms with Crippen molar-refractivity contribution < 1.29 is 9.59 Å². The minimum Gasteiger partial charge on any atom is -0.299 e. The van der Waals surface area contributed by atoms with Gasteiger partial charge in [-0.05, 0) is 73.8 Å². The first-order valence-corrected chi connectivity index (χ1v) is 14.8. The van der Waals surface area contributed by atoms with E-state index in [4.69, 9.17) is 11.6 Å².